The molecule has 160 valence electrons. The molecule has 12 heteroatoms. The molecule has 1 aliphatic heterocycles. The van der Waals surface area contributed by atoms with Gasteiger partial charge < -0.3 is 15.4 Å². The molecule has 0 radical (unpaired) electrons. The first-order valence-electron chi connectivity index (χ1n) is 9.39. The Hall–Kier alpha value is -3.15. The smallest absolute Gasteiger partial charge is 0.393 e. The quantitative estimate of drug-likeness (QED) is 0.577. The summed E-state index contributed by atoms with van der Waals surface area (Å²) in [6, 6.07) is 1.42. The SMILES string of the molecule is COc1cc(-c2n[nH]c(C(=O)NC3CCNCC3)c2CC(F)(F)F)cn2ncnc12. The van der Waals surface area contributed by atoms with Crippen molar-refractivity contribution in [3.8, 4) is 17.0 Å². The highest BCUT2D eigenvalue weighted by Crippen LogP contribution is 2.33. The average Bonchev–Trinajstić information content (AvgIpc) is 3.33. The number of fused-ring (bicyclic) bond motifs is 1. The lowest BCUT2D eigenvalue weighted by atomic mass is 10.0. The summed E-state index contributed by atoms with van der Waals surface area (Å²) in [7, 11) is 1.42. The molecule has 1 saturated heterocycles. The van der Waals surface area contributed by atoms with Crippen LogP contribution in [0.15, 0.2) is 18.6 Å². The number of ether oxygens (including phenoxy) is 1. The fraction of sp³-hybridized carbons (Fsp3) is 0.444. The number of alkyl halides is 3. The van der Waals surface area contributed by atoms with Crippen LogP contribution in [-0.2, 0) is 6.42 Å². The van der Waals surface area contributed by atoms with E-state index in [0.717, 1.165) is 13.1 Å². The minimum atomic E-state index is -4.52. The third-order valence-electron chi connectivity index (χ3n) is 4.98. The van der Waals surface area contributed by atoms with Crippen LogP contribution < -0.4 is 15.4 Å². The van der Waals surface area contributed by atoms with Gasteiger partial charge >= 0.3 is 6.18 Å². The molecule has 1 amide bonds. The van der Waals surface area contributed by atoms with Crippen LogP contribution in [0.3, 0.4) is 0 Å². The lowest BCUT2D eigenvalue weighted by Gasteiger charge is -2.23. The van der Waals surface area contributed by atoms with Crippen LogP contribution in [0.5, 0.6) is 5.75 Å². The van der Waals surface area contributed by atoms with Gasteiger partial charge in [-0.1, -0.05) is 0 Å². The summed E-state index contributed by atoms with van der Waals surface area (Å²) in [5.74, 6) is -0.277. The third kappa shape index (κ3) is 4.08. The molecule has 4 rings (SSSR count). The summed E-state index contributed by atoms with van der Waals surface area (Å²) in [6.07, 6.45) is -1.60. The predicted molar refractivity (Wildman–Crippen MR) is 100 cm³/mol. The molecule has 0 atom stereocenters. The van der Waals surface area contributed by atoms with Gasteiger partial charge in [0.05, 0.1) is 19.2 Å². The fourth-order valence-electron chi connectivity index (χ4n) is 3.56. The lowest BCUT2D eigenvalue weighted by Crippen LogP contribution is -2.43. The van der Waals surface area contributed by atoms with Gasteiger partial charge in [-0.05, 0) is 32.0 Å². The number of hydrogen-bond donors (Lipinski definition) is 3. The number of H-pyrrole nitrogens is 1. The number of aromatic nitrogens is 5. The Morgan fingerprint density at radius 1 is 1.37 bits per heavy atom. The Kier molecular flexibility index (Phi) is 5.33. The van der Waals surface area contributed by atoms with Crippen LogP contribution in [0.1, 0.15) is 28.9 Å². The van der Waals surface area contributed by atoms with E-state index in [0.29, 0.717) is 29.8 Å². The normalized spacial score (nSPS) is 15.5. The van der Waals surface area contributed by atoms with E-state index in [1.165, 1.54) is 30.2 Å². The van der Waals surface area contributed by atoms with Gasteiger partial charge in [-0.15, -0.1) is 0 Å². The lowest BCUT2D eigenvalue weighted by molar-refractivity contribution is -0.127. The zero-order valence-electron chi connectivity index (χ0n) is 16.1. The van der Waals surface area contributed by atoms with Crippen LogP contribution in [-0.4, -0.2) is 63.1 Å². The van der Waals surface area contributed by atoms with Gasteiger partial charge in [-0.25, -0.2) is 9.50 Å². The standard InChI is InChI=1S/C18H20F3N7O2/c1-30-13-6-10(8-28-16(13)23-9-24-28)14-12(7-18(19,20)21)15(27-26-14)17(29)25-11-2-4-22-5-3-11/h6,8-9,11,22H,2-5,7H2,1H3,(H,25,29)(H,26,27). The molecule has 3 aromatic heterocycles. The van der Waals surface area contributed by atoms with E-state index in [-0.39, 0.29) is 23.0 Å². The number of aromatic amines is 1. The number of pyridine rings is 1. The molecule has 0 unspecified atom stereocenters. The zero-order valence-corrected chi connectivity index (χ0v) is 16.1. The fourth-order valence-corrected chi connectivity index (χ4v) is 3.56. The first-order valence-corrected chi connectivity index (χ1v) is 9.39. The van der Waals surface area contributed by atoms with E-state index in [1.807, 2.05) is 0 Å². The van der Waals surface area contributed by atoms with Gasteiger partial charge in [0.25, 0.3) is 5.91 Å². The van der Waals surface area contributed by atoms with Crippen LogP contribution in [0, 0.1) is 0 Å². The van der Waals surface area contributed by atoms with E-state index < -0.39 is 18.5 Å². The molecule has 30 heavy (non-hydrogen) atoms. The average molecular weight is 423 g/mol. The number of halogens is 3. The summed E-state index contributed by atoms with van der Waals surface area (Å²) in [6.45, 7) is 1.48. The topological polar surface area (TPSA) is 109 Å². The molecule has 0 bridgehead atoms. The minimum Gasteiger partial charge on any atom is -0.493 e. The van der Waals surface area contributed by atoms with Crippen molar-refractivity contribution in [2.24, 2.45) is 0 Å². The van der Waals surface area contributed by atoms with Crippen molar-refractivity contribution in [3.63, 3.8) is 0 Å². The number of piperidine rings is 1. The van der Waals surface area contributed by atoms with Crippen molar-refractivity contribution in [2.45, 2.75) is 31.5 Å². The molecule has 3 aromatic rings. The Morgan fingerprint density at radius 3 is 2.83 bits per heavy atom. The van der Waals surface area contributed by atoms with Crippen LogP contribution in [0.25, 0.3) is 16.9 Å². The summed E-state index contributed by atoms with van der Waals surface area (Å²) in [5.41, 5.74) is 0.326. The monoisotopic (exact) mass is 423 g/mol. The van der Waals surface area contributed by atoms with Crippen molar-refractivity contribution in [1.29, 1.82) is 0 Å². The van der Waals surface area contributed by atoms with Crippen LogP contribution >= 0.6 is 0 Å². The first-order chi connectivity index (χ1) is 14.4. The summed E-state index contributed by atoms with van der Waals surface area (Å²) in [5, 5.41) is 16.5. The Balaban J connectivity index is 1.74. The highest BCUT2D eigenvalue weighted by atomic mass is 19.4. The Morgan fingerprint density at radius 2 is 2.13 bits per heavy atom. The van der Waals surface area contributed by atoms with Crippen molar-refractivity contribution in [3.05, 3.63) is 29.8 Å². The zero-order chi connectivity index (χ0) is 21.3. The van der Waals surface area contributed by atoms with E-state index >= 15 is 0 Å². The maximum Gasteiger partial charge on any atom is 0.393 e. The van der Waals surface area contributed by atoms with Crippen molar-refractivity contribution in [1.82, 2.24) is 35.4 Å². The molecule has 4 heterocycles. The highest BCUT2D eigenvalue weighted by Gasteiger charge is 2.34. The number of carbonyl (C=O) groups excluding carboxylic acids is 1. The third-order valence-corrected chi connectivity index (χ3v) is 4.98. The van der Waals surface area contributed by atoms with Crippen LogP contribution in [0.2, 0.25) is 0 Å². The van der Waals surface area contributed by atoms with Gasteiger partial charge in [0.2, 0.25) is 0 Å². The number of methoxy groups -OCH3 is 1. The second-order valence-corrected chi connectivity index (χ2v) is 7.04. The highest BCUT2D eigenvalue weighted by molar-refractivity contribution is 5.95. The Bertz CT molecular complexity index is 1050. The molecule has 0 saturated carbocycles. The van der Waals surface area contributed by atoms with E-state index in [9.17, 15) is 18.0 Å². The molecule has 0 aliphatic carbocycles. The molecule has 1 aliphatic rings. The molecule has 0 aromatic carbocycles. The van der Waals surface area contributed by atoms with Crippen molar-refractivity contribution >= 4 is 11.6 Å². The second kappa shape index (κ2) is 7.94. The van der Waals surface area contributed by atoms with Gasteiger partial charge in [-0.3, -0.25) is 9.89 Å². The van der Waals surface area contributed by atoms with Crippen LogP contribution in [0.4, 0.5) is 13.2 Å². The van der Waals surface area contributed by atoms with E-state index in [1.54, 1.807) is 0 Å². The molecule has 3 N–H and O–H groups in total. The second-order valence-electron chi connectivity index (χ2n) is 7.04. The molecule has 0 spiro atoms. The van der Waals surface area contributed by atoms with Gasteiger partial charge in [0.15, 0.2) is 11.4 Å². The number of rotatable bonds is 5. The maximum absolute atomic E-state index is 13.3. The minimum absolute atomic E-state index is 0.0125. The number of nitrogens with zero attached hydrogens (tertiary/aromatic N) is 4. The predicted octanol–water partition coefficient (Wildman–Crippen LogP) is 1.71. The number of amides is 1. The summed E-state index contributed by atoms with van der Waals surface area (Å²) in [4.78, 5) is 16.8. The van der Waals surface area contributed by atoms with E-state index in [2.05, 4.69) is 30.9 Å². The van der Waals surface area contributed by atoms with Crippen molar-refractivity contribution in [2.75, 3.05) is 20.2 Å². The summed E-state index contributed by atoms with van der Waals surface area (Å²) < 4.78 is 46.7. The number of carbonyl (C=O) groups is 1. The van der Waals surface area contributed by atoms with Gasteiger partial charge in [-0.2, -0.15) is 23.4 Å². The number of nitrogens with one attached hydrogen (secondary N) is 3. The van der Waals surface area contributed by atoms with Crippen molar-refractivity contribution < 1.29 is 22.7 Å². The van der Waals surface area contributed by atoms with Gasteiger partial charge in [0, 0.05) is 23.4 Å². The van der Waals surface area contributed by atoms with E-state index in [4.69, 9.17) is 4.74 Å². The molecule has 9 nitrogen and oxygen atoms in total. The maximum atomic E-state index is 13.3. The Labute approximate surface area is 169 Å². The molecule has 1 fully saturated rings. The molecular weight excluding hydrogens is 403 g/mol. The first kappa shape index (κ1) is 20.1. The van der Waals surface area contributed by atoms with Gasteiger partial charge in [0.1, 0.15) is 12.0 Å². The number of hydrogen-bond acceptors (Lipinski definition) is 6. The largest absolute Gasteiger partial charge is 0.493 e. The molecular formula is C18H20F3N7O2. The summed E-state index contributed by atoms with van der Waals surface area (Å²) >= 11 is 0.